The van der Waals surface area contributed by atoms with Crippen molar-refractivity contribution < 1.29 is 8.83 Å². The SMILES string of the molecule is c1ccc2c(c1)ccc1c3ccc(N(c4ccc5c(c4)oc4ccccc45)c4ccc5c(c4)oc4ccccc45)cc3ccc21. The van der Waals surface area contributed by atoms with Gasteiger partial charge in [0.25, 0.3) is 0 Å². The van der Waals surface area contributed by atoms with Crippen molar-refractivity contribution in [2.75, 3.05) is 4.90 Å². The fraction of sp³-hybridized carbons (Fsp3) is 0. The highest BCUT2D eigenvalue weighted by atomic mass is 16.3. The minimum atomic E-state index is 0.863. The lowest BCUT2D eigenvalue weighted by Gasteiger charge is -2.26. The zero-order valence-corrected chi connectivity index (χ0v) is 24.2. The Morgan fingerprint density at radius 3 is 1.33 bits per heavy atom. The van der Waals surface area contributed by atoms with Crippen LogP contribution in [0.4, 0.5) is 17.1 Å². The lowest BCUT2D eigenvalue weighted by molar-refractivity contribution is 0.669. The van der Waals surface area contributed by atoms with Gasteiger partial charge in [-0.2, -0.15) is 0 Å². The van der Waals surface area contributed by atoms with Gasteiger partial charge >= 0.3 is 0 Å². The Hall–Kier alpha value is -6.06. The van der Waals surface area contributed by atoms with E-state index in [2.05, 4.69) is 132 Å². The highest BCUT2D eigenvalue weighted by Crippen LogP contribution is 2.42. The van der Waals surface area contributed by atoms with Crippen LogP contribution in [0, 0.1) is 0 Å². The standard InChI is InChI=1S/C42H25NO2/c1-2-8-31-26(7-1)13-18-34-32-20-15-28(23-27(32)14-19-33(31)34)43(29-16-21-37-35-9-3-5-11-39(35)44-41(37)24-29)30-17-22-38-36-10-4-6-12-40(36)45-42(38)25-30/h1-25H. The molecule has 0 fully saturated rings. The molecule has 0 amide bonds. The molecule has 8 aromatic carbocycles. The topological polar surface area (TPSA) is 29.5 Å². The largest absolute Gasteiger partial charge is 0.456 e. The smallest absolute Gasteiger partial charge is 0.137 e. The summed E-state index contributed by atoms with van der Waals surface area (Å²) in [5.74, 6) is 0. The number of furan rings is 2. The predicted molar refractivity (Wildman–Crippen MR) is 188 cm³/mol. The van der Waals surface area contributed by atoms with Crippen LogP contribution >= 0.6 is 0 Å². The molecule has 0 aliphatic rings. The molecule has 0 bridgehead atoms. The van der Waals surface area contributed by atoms with E-state index in [1.165, 1.54) is 32.3 Å². The van der Waals surface area contributed by atoms with E-state index >= 15 is 0 Å². The third-order valence-corrected chi connectivity index (χ3v) is 9.22. The molecule has 0 saturated carbocycles. The van der Waals surface area contributed by atoms with Crippen molar-refractivity contribution in [2.24, 2.45) is 0 Å². The van der Waals surface area contributed by atoms with Crippen LogP contribution in [0.25, 0.3) is 76.2 Å². The van der Waals surface area contributed by atoms with Gasteiger partial charge in [0.15, 0.2) is 0 Å². The van der Waals surface area contributed by atoms with E-state index in [1.807, 2.05) is 24.3 Å². The second kappa shape index (κ2) is 9.22. The summed E-state index contributed by atoms with van der Waals surface area (Å²) in [5.41, 5.74) is 6.61. The van der Waals surface area contributed by atoms with Crippen molar-refractivity contribution in [1.29, 1.82) is 0 Å². The molecule has 0 saturated heterocycles. The van der Waals surface area contributed by atoms with Gasteiger partial charge in [0.05, 0.1) is 0 Å². The highest BCUT2D eigenvalue weighted by Gasteiger charge is 2.18. The number of fused-ring (bicyclic) bond motifs is 11. The van der Waals surface area contributed by atoms with Gasteiger partial charge < -0.3 is 13.7 Å². The second-order valence-electron chi connectivity index (χ2n) is 11.7. The molecule has 0 radical (unpaired) electrons. The van der Waals surface area contributed by atoms with E-state index in [9.17, 15) is 0 Å². The van der Waals surface area contributed by atoms with Crippen LogP contribution in [0.2, 0.25) is 0 Å². The Morgan fingerprint density at radius 2 is 0.711 bits per heavy atom. The van der Waals surface area contributed by atoms with Crippen molar-refractivity contribution in [3.8, 4) is 0 Å². The highest BCUT2D eigenvalue weighted by molar-refractivity contribution is 6.18. The quantitative estimate of drug-likeness (QED) is 0.196. The first-order valence-electron chi connectivity index (χ1n) is 15.3. The van der Waals surface area contributed by atoms with Crippen molar-refractivity contribution in [3.63, 3.8) is 0 Å². The van der Waals surface area contributed by atoms with Crippen molar-refractivity contribution in [1.82, 2.24) is 0 Å². The van der Waals surface area contributed by atoms with Gasteiger partial charge in [-0.25, -0.2) is 0 Å². The Bertz CT molecular complexity index is 2670. The molecule has 0 spiro atoms. The summed E-state index contributed by atoms with van der Waals surface area (Å²) < 4.78 is 12.7. The molecule has 210 valence electrons. The maximum absolute atomic E-state index is 6.33. The number of benzene rings is 8. The average molecular weight is 576 g/mol. The molecular formula is C42H25NO2. The molecule has 10 aromatic rings. The van der Waals surface area contributed by atoms with Crippen molar-refractivity contribution >= 4 is 93.3 Å². The van der Waals surface area contributed by atoms with Crippen molar-refractivity contribution in [3.05, 3.63) is 152 Å². The zero-order chi connectivity index (χ0) is 29.5. The Balaban J connectivity index is 1.20. The predicted octanol–water partition coefficient (Wildman–Crippen LogP) is 12.4. The lowest BCUT2D eigenvalue weighted by Crippen LogP contribution is -2.09. The van der Waals surface area contributed by atoms with Crippen LogP contribution in [0.15, 0.2) is 160 Å². The van der Waals surface area contributed by atoms with E-state index in [0.717, 1.165) is 60.9 Å². The number of hydrogen-bond donors (Lipinski definition) is 0. The second-order valence-corrected chi connectivity index (χ2v) is 11.7. The fourth-order valence-electron chi connectivity index (χ4n) is 7.11. The first-order valence-corrected chi connectivity index (χ1v) is 15.3. The molecule has 3 nitrogen and oxygen atoms in total. The molecule has 2 aromatic heterocycles. The molecule has 2 heterocycles. The zero-order valence-electron chi connectivity index (χ0n) is 24.2. The number of para-hydroxylation sites is 2. The first-order chi connectivity index (χ1) is 22.3. The van der Waals surface area contributed by atoms with Gasteiger partial charge in [0, 0.05) is 50.7 Å². The molecule has 3 heteroatoms. The minimum Gasteiger partial charge on any atom is -0.456 e. The van der Waals surface area contributed by atoms with Crippen molar-refractivity contribution in [2.45, 2.75) is 0 Å². The van der Waals surface area contributed by atoms with Crippen LogP contribution in [-0.4, -0.2) is 0 Å². The molecule has 0 unspecified atom stereocenters. The first kappa shape index (κ1) is 24.4. The van der Waals surface area contributed by atoms with Gasteiger partial charge in [-0.15, -0.1) is 0 Å². The summed E-state index contributed by atoms with van der Waals surface area (Å²) in [6.07, 6.45) is 0. The number of anilines is 3. The normalized spacial score (nSPS) is 12.0. The summed E-state index contributed by atoms with van der Waals surface area (Å²) in [5, 5.41) is 12.0. The summed E-state index contributed by atoms with van der Waals surface area (Å²) in [7, 11) is 0. The summed E-state index contributed by atoms with van der Waals surface area (Å²) in [6.45, 7) is 0. The fourth-order valence-corrected chi connectivity index (χ4v) is 7.11. The molecule has 0 aliphatic carbocycles. The monoisotopic (exact) mass is 575 g/mol. The maximum atomic E-state index is 6.33. The molecule has 0 N–H and O–H groups in total. The minimum absolute atomic E-state index is 0.863. The van der Waals surface area contributed by atoms with Gasteiger partial charge in [-0.05, 0) is 80.8 Å². The van der Waals surface area contributed by atoms with Crippen LogP contribution in [0.5, 0.6) is 0 Å². The third kappa shape index (κ3) is 3.65. The summed E-state index contributed by atoms with van der Waals surface area (Å²) in [6, 6.07) is 53.8. The average Bonchev–Trinajstić information content (AvgIpc) is 3.65. The summed E-state index contributed by atoms with van der Waals surface area (Å²) in [4.78, 5) is 2.29. The maximum Gasteiger partial charge on any atom is 0.137 e. The Morgan fingerprint density at radius 1 is 0.289 bits per heavy atom. The summed E-state index contributed by atoms with van der Waals surface area (Å²) >= 11 is 0. The van der Waals surface area contributed by atoms with Crippen LogP contribution in [0.3, 0.4) is 0 Å². The van der Waals surface area contributed by atoms with E-state index in [1.54, 1.807) is 0 Å². The van der Waals surface area contributed by atoms with E-state index in [-0.39, 0.29) is 0 Å². The number of rotatable bonds is 3. The van der Waals surface area contributed by atoms with Gasteiger partial charge in [-0.3, -0.25) is 0 Å². The number of hydrogen-bond acceptors (Lipinski definition) is 3. The van der Waals surface area contributed by atoms with Gasteiger partial charge in [0.1, 0.15) is 22.3 Å². The Kier molecular flexibility index (Phi) is 5.00. The van der Waals surface area contributed by atoms with E-state index in [0.29, 0.717) is 0 Å². The lowest BCUT2D eigenvalue weighted by atomic mass is 9.96. The molecule has 0 atom stereocenters. The van der Waals surface area contributed by atoms with E-state index in [4.69, 9.17) is 8.83 Å². The molecule has 45 heavy (non-hydrogen) atoms. The molecule has 10 rings (SSSR count). The molecular weight excluding hydrogens is 550 g/mol. The van der Waals surface area contributed by atoms with Gasteiger partial charge in [0.2, 0.25) is 0 Å². The van der Waals surface area contributed by atoms with Gasteiger partial charge in [-0.1, -0.05) is 91.0 Å². The van der Waals surface area contributed by atoms with Crippen LogP contribution in [-0.2, 0) is 0 Å². The van der Waals surface area contributed by atoms with E-state index < -0.39 is 0 Å². The Labute approximate surface area is 258 Å². The number of nitrogens with zero attached hydrogens (tertiary/aromatic N) is 1. The van der Waals surface area contributed by atoms with Crippen LogP contribution in [0.1, 0.15) is 0 Å². The third-order valence-electron chi connectivity index (χ3n) is 9.22. The van der Waals surface area contributed by atoms with Crippen LogP contribution < -0.4 is 4.90 Å². The molecule has 0 aliphatic heterocycles.